The van der Waals surface area contributed by atoms with Gasteiger partial charge in [0.1, 0.15) is 0 Å². The lowest BCUT2D eigenvalue weighted by Gasteiger charge is -2.16. The molecule has 6 heteroatoms. The smallest absolute Gasteiger partial charge is 0.337 e. The number of benzene rings is 2. The quantitative estimate of drug-likeness (QED) is 0.691. The van der Waals surface area contributed by atoms with E-state index in [1.807, 2.05) is 19.1 Å². The number of hydrogen-bond acceptors (Lipinski definition) is 4. The van der Waals surface area contributed by atoms with Gasteiger partial charge in [0.05, 0.1) is 23.9 Å². The van der Waals surface area contributed by atoms with Crippen molar-refractivity contribution in [1.29, 1.82) is 0 Å². The maximum Gasteiger partial charge on any atom is 0.337 e. The summed E-state index contributed by atoms with van der Waals surface area (Å²) in [5, 5.41) is 11.9. The van der Waals surface area contributed by atoms with Crippen LogP contribution in [0.2, 0.25) is 0 Å². The van der Waals surface area contributed by atoms with E-state index in [2.05, 4.69) is 10.1 Å². The summed E-state index contributed by atoms with van der Waals surface area (Å²) in [7, 11) is 1.34. The highest BCUT2D eigenvalue weighted by atomic mass is 16.5. The Kier molecular flexibility index (Phi) is 7.11. The van der Waals surface area contributed by atoms with E-state index in [1.54, 1.807) is 30.3 Å². The van der Waals surface area contributed by atoms with Gasteiger partial charge in [0.15, 0.2) is 0 Å². The second-order valence-electron chi connectivity index (χ2n) is 6.27. The number of ether oxygens (including phenoxy) is 1. The summed E-state index contributed by atoms with van der Waals surface area (Å²) < 4.78 is 4.68. The first-order valence-corrected chi connectivity index (χ1v) is 8.74. The fourth-order valence-corrected chi connectivity index (χ4v) is 2.83. The van der Waals surface area contributed by atoms with E-state index in [-0.39, 0.29) is 29.8 Å². The largest absolute Gasteiger partial charge is 0.478 e. The van der Waals surface area contributed by atoms with E-state index >= 15 is 0 Å². The van der Waals surface area contributed by atoms with Crippen molar-refractivity contribution < 1.29 is 24.2 Å². The molecular formula is C21H23NO5. The van der Waals surface area contributed by atoms with Crippen LogP contribution in [-0.4, -0.2) is 30.1 Å². The lowest BCUT2D eigenvalue weighted by molar-refractivity contribution is -0.117. The maximum absolute atomic E-state index is 12.4. The van der Waals surface area contributed by atoms with Gasteiger partial charge in [-0.3, -0.25) is 4.79 Å². The first kappa shape index (κ1) is 20.2. The van der Waals surface area contributed by atoms with Gasteiger partial charge >= 0.3 is 11.9 Å². The Morgan fingerprint density at radius 2 is 1.74 bits per heavy atom. The zero-order chi connectivity index (χ0) is 19.8. The fourth-order valence-electron chi connectivity index (χ4n) is 2.83. The minimum Gasteiger partial charge on any atom is -0.478 e. The van der Waals surface area contributed by atoms with Gasteiger partial charge in [0, 0.05) is 6.42 Å². The highest BCUT2D eigenvalue weighted by Gasteiger charge is 2.16. The number of anilines is 1. The molecule has 0 aliphatic rings. The van der Waals surface area contributed by atoms with Gasteiger partial charge < -0.3 is 15.2 Å². The van der Waals surface area contributed by atoms with Gasteiger partial charge in [-0.1, -0.05) is 37.6 Å². The maximum atomic E-state index is 12.4. The van der Waals surface area contributed by atoms with Crippen LogP contribution in [0.5, 0.6) is 0 Å². The van der Waals surface area contributed by atoms with Crippen molar-refractivity contribution >= 4 is 23.5 Å². The number of carboxylic acid groups (broad SMARTS) is 1. The summed E-state index contributed by atoms with van der Waals surface area (Å²) in [5.74, 6) is -1.58. The van der Waals surface area contributed by atoms with Crippen LogP contribution in [0.3, 0.4) is 0 Å². The standard InChI is InChI=1S/C21H23NO5/c1-3-14(12-15-8-10-16(11-9-15)21(26)27-2)13-19(23)22-18-7-5-4-6-17(18)20(24)25/h4-11,14H,3,12-13H2,1-2H3,(H,22,23)(H,24,25). The molecule has 0 saturated heterocycles. The number of carbonyl (C=O) groups is 3. The van der Waals surface area contributed by atoms with Crippen LogP contribution in [0.1, 0.15) is 46.0 Å². The van der Waals surface area contributed by atoms with Crippen molar-refractivity contribution in [2.24, 2.45) is 5.92 Å². The highest BCUT2D eigenvalue weighted by Crippen LogP contribution is 2.20. The molecule has 6 nitrogen and oxygen atoms in total. The van der Waals surface area contributed by atoms with E-state index in [0.717, 1.165) is 12.0 Å². The van der Waals surface area contributed by atoms with Crippen LogP contribution in [0.25, 0.3) is 0 Å². The molecule has 1 atom stereocenters. The number of esters is 1. The van der Waals surface area contributed by atoms with Gasteiger partial charge in [0.2, 0.25) is 5.91 Å². The SMILES string of the molecule is CCC(CC(=O)Nc1ccccc1C(=O)O)Cc1ccc(C(=O)OC)cc1. The van der Waals surface area contributed by atoms with E-state index in [4.69, 9.17) is 0 Å². The van der Waals surface area contributed by atoms with Gasteiger partial charge in [0.25, 0.3) is 0 Å². The molecule has 0 spiro atoms. The van der Waals surface area contributed by atoms with Gasteiger partial charge in [-0.25, -0.2) is 9.59 Å². The van der Waals surface area contributed by atoms with Crippen LogP contribution in [0.4, 0.5) is 5.69 Å². The molecule has 27 heavy (non-hydrogen) atoms. The number of aromatic carboxylic acids is 1. The average Bonchev–Trinajstić information content (AvgIpc) is 2.67. The number of methoxy groups -OCH3 is 1. The number of nitrogens with one attached hydrogen (secondary N) is 1. The molecule has 0 aliphatic heterocycles. The zero-order valence-corrected chi connectivity index (χ0v) is 15.4. The molecule has 0 bridgehead atoms. The Morgan fingerprint density at radius 1 is 1.07 bits per heavy atom. The Bertz CT molecular complexity index is 814. The first-order chi connectivity index (χ1) is 12.9. The van der Waals surface area contributed by atoms with Gasteiger partial charge in [-0.15, -0.1) is 0 Å². The van der Waals surface area contributed by atoms with Crippen molar-refractivity contribution in [1.82, 2.24) is 0 Å². The minimum absolute atomic E-state index is 0.0669. The summed E-state index contributed by atoms with van der Waals surface area (Å²) in [6.45, 7) is 2.01. The number of hydrogen-bond donors (Lipinski definition) is 2. The first-order valence-electron chi connectivity index (χ1n) is 8.74. The molecule has 0 aliphatic carbocycles. The molecule has 2 rings (SSSR count). The van der Waals surface area contributed by atoms with E-state index in [9.17, 15) is 19.5 Å². The summed E-state index contributed by atoms with van der Waals surface area (Å²) in [6.07, 6.45) is 1.77. The van der Waals surface area contributed by atoms with Crippen LogP contribution < -0.4 is 5.32 Å². The third-order valence-electron chi connectivity index (χ3n) is 4.38. The molecule has 1 unspecified atom stereocenters. The third-order valence-corrected chi connectivity index (χ3v) is 4.38. The molecule has 2 aromatic carbocycles. The van der Waals surface area contributed by atoms with Crippen LogP contribution in [0.15, 0.2) is 48.5 Å². The second kappa shape index (κ2) is 9.52. The number of amides is 1. The van der Waals surface area contributed by atoms with Crippen LogP contribution >= 0.6 is 0 Å². The van der Waals surface area contributed by atoms with E-state index in [0.29, 0.717) is 17.7 Å². The third kappa shape index (κ3) is 5.67. The summed E-state index contributed by atoms with van der Waals surface area (Å²) in [5.41, 5.74) is 1.87. The summed E-state index contributed by atoms with van der Waals surface area (Å²) in [4.78, 5) is 35.1. The second-order valence-corrected chi connectivity index (χ2v) is 6.27. The molecule has 2 aromatic rings. The Morgan fingerprint density at radius 3 is 2.33 bits per heavy atom. The Labute approximate surface area is 158 Å². The van der Waals surface area contributed by atoms with Gasteiger partial charge in [-0.2, -0.15) is 0 Å². The van der Waals surface area contributed by atoms with Crippen LogP contribution in [0, 0.1) is 5.92 Å². The van der Waals surface area contributed by atoms with Crippen molar-refractivity contribution in [3.05, 3.63) is 65.2 Å². The molecule has 0 radical (unpaired) electrons. The summed E-state index contributed by atoms with van der Waals surface area (Å²) >= 11 is 0. The molecule has 0 saturated carbocycles. The Hall–Kier alpha value is -3.15. The van der Waals surface area contributed by atoms with Crippen molar-refractivity contribution in [3.63, 3.8) is 0 Å². The number of carboxylic acids is 1. The number of para-hydroxylation sites is 1. The monoisotopic (exact) mass is 369 g/mol. The molecular weight excluding hydrogens is 346 g/mol. The number of carbonyl (C=O) groups excluding carboxylic acids is 2. The average molecular weight is 369 g/mol. The normalized spacial score (nSPS) is 11.5. The molecule has 2 N–H and O–H groups in total. The lowest BCUT2D eigenvalue weighted by atomic mass is 9.93. The van der Waals surface area contributed by atoms with Crippen molar-refractivity contribution in [3.8, 4) is 0 Å². The number of rotatable bonds is 8. The molecule has 0 heterocycles. The minimum atomic E-state index is -1.08. The molecule has 1 amide bonds. The van der Waals surface area contributed by atoms with E-state index < -0.39 is 5.97 Å². The van der Waals surface area contributed by atoms with E-state index in [1.165, 1.54) is 13.2 Å². The van der Waals surface area contributed by atoms with Crippen molar-refractivity contribution in [2.75, 3.05) is 12.4 Å². The molecule has 0 aromatic heterocycles. The topological polar surface area (TPSA) is 92.7 Å². The Balaban J connectivity index is 1.99. The predicted molar refractivity (Wildman–Crippen MR) is 102 cm³/mol. The lowest BCUT2D eigenvalue weighted by Crippen LogP contribution is -2.19. The zero-order valence-electron chi connectivity index (χ0n) is 15.4. The highest BCUT2D eigenvalue weighted by molar-refractivity contribution is 6.00. The van der Waals surface area contributed by atoms with Crippen molar-refractivity contribution in [2.45, 2.75) is 26.2 Å². The van der Waals surface area contributed by atoms with Crippen LogP contribution in [-0.2, 0) is 16.0 Å². The summed E-state index contributed by atoms with van der Waals surface area (Å²) in [6, 6.07) is 13.5. The fraction of sp³-hybridized carbons (Fsp3) is 0.286. The molecule has 0 fully saturated rings. The van der Waals surface area contributed by atoms with Gasteiger partial charge in [-0.05, 0) is 42.2 Å². The predicted octanol–water partition coefficient (Wildman–Crippen LogP) is 3.77. The molecule has 142 valence electrons.